The lowest BCUT2D eigenvalue weighted by atomic mass is 9.95. The molecule has 4 rings (SSSR count). The number of rotatable bonds is 18. The van der Waals surface area contributed by atoms with Gasteiger partial charge in [-0.15, -0.1) is 11.3 Å². The van der Waals surface area contributed by atoms with Crippen molar-refractivity contribution < 1.29 is 38.6 Å². The number of carbonyl (C=O) groups excluding carboxylic acids is 4. The average molecular weight is 731 g/mol. The summed E-state index contributed by atoms with van der Waals surface area (Å²) in [5, 5.41) is 23.3. The molecule has 2 aromatic heterocycles. The van der Waals surface area contributed by atoms with Crippen LogP contribution in [0, 0.1) is 5.92 Å². The molecule has 280 valence electrons. The number of anilines is 1. The number of hydroxylamine groups is 2. The fourth-order valence-corrected chi connectivity index (χ4v) is 5.92. The van der Waals surface area contributed by atoms with E-state index >= 15 is 0 Å². The van der Waals surface area contributed by atoms with Gasteiger partial charge in [0.2, 0.25) is 17.7 Å². The molecule has 1 unspecified atom stereocenters. The molecule has 2 saturated heterocycles. The molecule has 4 amide bonds. The molecule has 2 aromatic rings. The van der Waals surface area contributed by atoms with Crippen molar-refractivity contribution in [3.63, 3.8) is 0 Å². The lowest BCUT2D eigenvalue weighted by molar-refractivity contribution is -0.152. The van der Waals surface area contributed by atoms with Gasteiger partial charge in [-0.3, -0.25) is 24.7 Å². The summed E-state index contributed by atoms with van der Waals surface area (Å²) in [4.78, 5) is 61.5. The van der Waals surface area contributed by atoms with Crippen molar-refractivity contribution in [2.45, 2.75) is 84.0 Å². The number of unbranched alkanes of at least 4 members (excludes halogenated alkanes) is 2. The van der Waals surface area contributed by atoms with Crippen LogP contribution < -0.4 is 30.7 Å². The molecule has 0 saturated carbocycles. The molecule has 0 bridgehead atoms. The first-order chi connectivity index (χ1) is 24.2. The minimum absolute atomic E-state index is 0.0900. The number of nitrogens with zero attached hydrogens (tertiary/aromatic N) is 4. The van der Waals surface area contributed by atoms with E-state index in [9.17, 15) is 24.4 Å². The summed E-state index contributed by atoms with van der Waals surface area (Å²) in [6.45, 7) is 15.7. The third-order valence-corrected chi connectivity index (χ3v) is 8.89. The zero-order valence-electron chi connectivity index (χ0n) is 30.1. The summed E-state index contributed by atoms with van der Waals surface area (Å²) >= 11 is 1.05. The molecule has 0 radical (unpaired) electrons. The van der Waals surface area contributed by atoms with E-state index in [2.05, 4.69) is 51.7 Å². The first-order valence-electron chi connectivity index (χ1n) is 17.2. The normalized spacial score (nSPS) is 17.8. The van der Waals surface area contributed by atoms with E-state index in [0.29, 0.717) is 54.3 Å². The number of ether oxygens (including phenoxy) is 3. The van der Waals surface area contributed by atoms with Gasteiger partial charge < -0.3 is 40.3 Å². The fraction of sp³-hybridized carbons (Fsp3) is 0.588. The van der Waals surface area contributed by atoms with Gasteiger partial charge in [-0.25, -0.2) is 9.78 Å². The Morgan fingerprint density at radius 1 is 1.16 bits per heavy atom. The first-order valence-corrected chi connectivity index (χ1v) is 18.0. The minimum Gasteiger partial charge on any atom is -0.490 e. The van der Waals surface area contributed by atoms with Gasteiger partial charge in [0.05, 0.1) is 48.5 Å². The van der Waals surface area contributed by atoms with E-state index in [-0.39, 0.29) is 29.2 Å². The SMILES string of the molecule is C=C(c1cc(OCCCC)c(OCCCC)cn1)N1CC(C(=O)NC[C@H]2NC(=O)[C@H]2NC(=O)C(c2csc(NC(=O)OC(C)(C)C)n2)N(C)O)C1. The van der Waals surface area contributed by atoms with Crippen molar-refractivity contribution in [1.82, 2.24) is 35.9 Å². The van der Waals surface area contributed by atoms with Crippen LogP contribution >= 0.6 is 11.3 Å². The number of carbonyl (C=O) groups is 4. The lowest BCUT2D eigenvalue weighted by Gasteiger charge is -2.42. The van der Waals surface area contributed by atoms with E-state index < -0.39 is 41.6 Å². The van der Waals surface area contributed by atoms with Crippen molar-refractivity contribution in [3.05, 3.63) is 35.6 Å². The van der Waals surface area contributed by atoms with Crippen molar-refractivity contribution in [2.75, 3.05) is 45.2 Å². The maximum Gasteiger partial charge on any atom is 0.413 e. The summed E-state index contributed by atoms with van der Waals surface area (Å²) in [7, 11) is 1.27. The Labute approximate surface area is 302 Å². The highest BCUT2D eigenvalue weighted by Crippen LogP contribution is 2.33. The third-order valence-electron chi connectivity index (χ3n) is 8.11. The molecule has 2 fully saturated rings. The smallest absolute Gasteiger partial charge is 0.413 e. The number of likely N-dealkylation sites (N-methyl/N-ethyl adjacent to an activating group) is 1. The van der Waals surface area contributed by atoms with E-state index in [1.54, 1.807) is 27.0 Å². The highest BCUT2D eigenvalue weighted by atomic mass is 32.1. The van der Waals surface area contributed by atoms with E-state index in [1.807, 2.05) is 11.0 Å². The van der Waals surface area contributed by atoms with Gasteiger partial charge in [0, 0.05) is 38.1 Å². The zero-order valence-corrected chi connectivity index (χ0v) is 30.9. The Balaban J connectivity index is 1.26. The Bertz CT molecular complexity index is 1550. The standard InChI is InChI=1S/C34H50N8O8S/c1-8-10-12-48-25-14-22(35-16-26(25)49-13-11-9-2)20(3)42-17-21(18-42)29(43)36-15-23-27(30(44)37-23)39-31(45)28(41(7)47)24-19-51-32(38-24)40-33(46)50-34(4,5)6/h14,16,19,21,23,27-28,47H,3,8-13,15,17-18H2,1-2,4-7H3,(H,36,43)(H,37,44)(H,39,45)(H,38,40,46)/t23-,27+,28?/m1/s1. The van der Waals surface area contributed by atoms with Gasteiger partial charge in [0.1, 0.15) is 11.6 Å². The second kappa shape index (κ2) is 17.6. The van der Waals surface area contributed by atoms with Gasteiger partial charge in [-0.1, -0.05) is 33.3 Å². The highest BCUT2D eigenvalue weighted by Gasteiger charge is 2.43. The van der Waals surface area contributed by atoms with Crippen molar-refractivity contribution in [1.29, 1.82) is 0 Å². The molecular formula is C34H50N8O8S. The number of hydrogen-bond donors (Lipinski definition) is 5. The average Bonchev–Trinajstić information content (AvgIpc) is 3.47. The van der Waals surface area contributed by atoms with E-state index in [1.165, 1.54) is 12.4 Å². The van der Waals surface area contributed by atoms with Crippen LogP contribution in [0.2, 0.25) is 0 Å². The molecule has 2 aliphatic heterocycles. The molecular weight excluding hydrogens is 680 g/mol. The largest absolute Gasteiger partial charge is 0.490 e. The highest BCUT2D eigenvalue weighted by molar-refractivity contribution is 7.13. The van der Waals surface area contributed by atoms with Crippen LogP contribution in [0.4, 0.5) is 9.93 Å². The molecule has 17 heteroatoms. The Morgan fingerprint density at radius 2 is 1.82 bits per heavy atom. The van der Waals surface area contributed by atoms with Crippen molar-refractivity contribution in [3.8, 4) is 11.5 Å². The number of amides is 4. The number of nitrogens with one attached hydrogen (secondary N) is 4. The summed E-state index contributed by atoms with van der Waals surface area (Å²) < 4.78 is 17.1. The quantitative estimate of drug-likeness (QED) is 0.0854. The topological polar surface area (TPSA) is 197 Å². The number of pyridine rings is 1. The Hall–Kier alpha value is -4.48. The van der Waals surface area contributed by atoms with Crippen LogP contribution in [0.1, 0.15) is 77.7 Å². The molecule has 16 nitrogen and oxygen atoms in total. The first kappa shape index (κ1) is 39.3. The van der Waals surface area contributed by atoms with Crippen LogP contribution in [-0.2, 0) is 19.1 Å². The lowest BCUT2D eigenvalue weighted by Crippen LogP contribution is -2.72. The number of aromatic nitrogens is 2. The second-order valence-electron chi connectivity index (χ2n) is 13.5. The molecule has 51 heavy (non-hydrogen) atoms. The van der Waals surface area contributed by atoms with Crippen LogP contribution in [-0.4, -0.2) is 107 Å². The summed E-state index contributed by atoms with van der Waals surface area (Å²) in [5.74, 6) is -0.394. The van der Waals surface area contributed by atoms with Gasteiger partial charge in [0.15, 0.2) is 22.7 Å². The summed E-state index contributed by atoms with van der Waals surface area (Å²) in [6, 6.07) is -0.946. The number of hydrogen-bond acceptors (Lipinski definition) is 13. The maximum atomic E-state index is 13.2. The molecule has 0 spiro atoms. The molecule has 0 aromatic carbocycles. The Kier molecular flexibility index (Phi) is 13.6. The van der Waals surface area contributed by atoms with Gasteiger partial charge in [-0.05, 0) is 33.6 Å². The Morgan fingerprint density at radius 3 is 2.43 bits per heavy atom. The summed E-state index contributed by atoms with van der Waals surface area (Å²) in [6.07, 6.45) is 4.80. The van der Waals surface area contributed by atoms with Crippen LogP contribution in [0.25, 0.3) is 5.70 Å². The molecule has 5 N–H and O–H groups in total. The molecule has 3 atom stereocenters. The molecule has 2 aliphatic rings. The number of likely N-dealkylation sites (tertiary alicyclic amines) is 1. The van der Waals surface area contributed by atoms with Gasteiger partial charge in [-0.2, -0.15) is 5.06 Å². The van der Waals surface area contributed by atoms with Crippen molar-refractivity contribution >= 4 is 46.0 Å². The van der Waals surface area contributed by atoms with Crippen molar-refractivity contribution in [2.24, 2.45) is 5.92 Å². The monoisotopic (exact) mass is 730 g/mol. The van der Waals surface area contributed by atoms with Gasteiger partial charge >= 0.3 is 6.09 Å². The summed E-state index contributed by atoms with van der Waals surface area (Å²) in [5.41, 5.74) is 0.748. The maximum absolute atomic E-state index is 13.2. The second-order valence-corrected chi connectivity index (χ2v) is 14.4. The molecule has 4 heterocycles. The van der Waals surface area contributed by atoms with Crippen LogP contribution in [0.3, 0.4) is 0 Å². The third kappa shape index (κ3) is 10.8. The van der Waals surface area contributed by atoms with E-state index in [4.69, 9.17) is 14.2 Å². The van der Waals surface area contributed by atoms with E-state index in [0.717, 1.165) is 37.0 Å². The fourth-order valence-electron chi connectivity index (χ4n) is 5.20. The number of β-lactam (4-membered cyclic amide) rings is 1. The van der Waals surface area contributed by atoms with Crippen LogP contribution in [0.5, 0.6) is 11.5 Å². The predicted molar refractivity (Wildman–Crippen MR) is 190 cm³/mol. The minimum atomic E-state index is -1.27. The van der Waals surface area contributed by atoms with Gasteiger partial charge in [0.25, 0.3) is 0 Å². The van der Waals surface area contributed by atoms with Crippen LogP contribution in [0.15, 0.2) is 24.2 Å². The predicted octanol–water partition coefficient (Wildman–Crippen LogP) is 3.31. The molecule has 0 aliphatic carbocycles. The number of thiazole rings is 1. The zero-order chi connectivity index (χ0) is 37.3.